The predicted molar refractivity (Wildman–Crippen MR) is 132 cm³/mol. The van der Waals surface area contributed by atoms with E-state index in [1.54, 1.807) is 41.8 Å². The van der Waals surface area contributed by atoms with Crippen LogP contribution in [-0.2, 0) is 18.3 Å². The zero-order valence-electron chi connectivity index (χ0n) is 18.4. The van der Waals surface area contributed by atoms with Crippen molar-refractivity contribution in [2.24, 2.45) is 12.0 Å². The topological polar surface area (TPSA) is 86.1 Å². The number of benzene rings is 1. The Balaban J connectivity index is 0.00000341. The van der Waals surface area contributed by atoms with Crippen LogP contribution in [0, 0.1) is 0 Å². The maximum Gasteiger partial charge on any atom is 0.253 e. The molecule has 0 saturated carbocycles. The molecule has 0 atom stereocenters. The Bertz CT molecular complexity index is 941. The third-order valence-corrected chi connectivity index (χ3v) is 5.01. The molecule has 168 valence electrons. The number of amides is 2. The molecule has 2 heterocycles. The molecular formula is C21H30IN7O2. The van der Waals surface area contributed by atoms with E-state index in [4.69, 9.17) is 0 Å². The van der Waals surface area contributed by atoms with Gasteiger partial charge in [-0.1, -0.05) is 12.1 Å². The lowest BCUT2D eigenvalue weighted by Gasteiger charge is -2.35. The number of piperazine rings is 1. The number of hydrogen-bond acceptors (Lipinski definition) is 4. The van der Waals surface area contributed by atoms with Gasteiger partial charge in [-0.3, -0.25) is 19.3 Å². The number of carbonyl (C=O) groups is 2. The van der Waals surface area contributed by atoms with E-state index in [0.29, 0.717) is 31.2 Å². The Morgan fingerprint density at radius 3 is 2.68 bits per heavy atom. The van der Waals surface area contributed by atoms with Gasteiger partial charge in [0.2, 0.25) is 5.91 Å². The highest BCUT2D eigenvalue weighted by molar-refractivity contribution is 14.0. The average molecular weight is 539 g/mol. The van der Waals surface area contributed by atoms with Gasteiger partial charge in [-0.15, -0.1) is 24.0 Å². The van der Waals surface area contributed by atoms with Crippen LogP contribution < -0.4 is 10.2 Å². The van der Waals surface area contributed by atoms with Crippen LogP contribution in [0.25, 0.3) is 0 Å². The smallest absolute Gasteiger partial charge is 0.253 e. The number of aryl methyl sites for hydroxylation is 1. The molecule has 10 heteroatoms. The first-order valence-corrected chi connectivity index (χ1v) is 9.94. The maximum atomic E-state index is 12.6. The van der Waals surface area contributed by atoms with Crippen molar-refractivity contribution in [1.82, 2.24) is 24.9 Å². The minimum absolute atomic E-state index is 0. The lowest BCUT2D eigenvalue weighted by atomic mass is 10.1. The highest BCUT2D eigenvalue weighted by Crippen LogP contribution is 2.16. The molecule has 1 aliphatic rings. The van der Waals surface area contributed by atoms with E-state index in [2.05, 4.69) is 15.4 Å². The SMILES string of the molecule is CN=C(NCCc1cccc(C(=O)N(C)C)c1)N1CCN(c2cnn(C)c2)C(=O)C1.I. The molecule has 31 heavy (non-hydrogen) atoms. The molecule has 2 aromatic rings. The van der Waals surface area contributed by atoms with Crippen LogP contribution in [0.15, 0.2) is 41.7 Å². The first-order chi connectivity index (χ1) is 14.4. The van der Waals surface area contributed by atoms with Crippen molar-refractivity contribution in [2.45, 2.75) is 6.42 Å². The molecule has 0 aliphatic carbocycles. The first kappa shape index (κ1) is 24.6. The van der Waals surface area contributed by atoms with E-state index >= 15 is 0 Å². The molecule has 2 amide bonds. The van der Waals surface area contributed by atoms with E-state index in [9.17, 15) is 9.59 Å². The van der Waals surface area contributed by atoms with Crippen molar-refractivity contribution >= 4 is 47.4 Å². The Labute approximate surface area is 200 Å². The van der Waals surface area contributed by atoms with Gasteiger partial charge in [0.05, 0.1) is 11.9 Å². The van der Waals surface area contributed by atoms with Crippen LogP contribution in [0.2, 0.25) is 0 Å². The van der Waals surface area contributed by atoms with Crippen LogP contribution in [-0.4, -0.2) is 84.7 Å². The van der Waals surface area contributed by atoms with Crippen LogP contribution >= 0.6 is 24.0 Å². The number of nitrogens with zero attached hydrogens (tertiary/aromatic N) is 6. The van der Waals surface area contributed by atoms with E-state index in [1.807, 2.05) is 42.4 Å². The second-order valence-corrected chi connectivity index (χ2v) is 7.46. The molecule has 1 saturated heterocycles. The van der Waals surface area contributed by atoms with E-state index in [-0.39, 0.29) is 42.3 Å². The Morgan fingerprint density at radius 2 is 2.06 bits per heavy atom. The fourth-order valence-electron chi connectivity index (χ4n) is 3.44. The number of carbonyl (C=O) groups excluding carboxylic acids is 2. The first-order valence-electron chi connectivity index (χ1n) is 9.94. The summed E-state index contributed by atoms with van der Waals surface area (Å²) < 4.78 is 1.69. The average Bonchev–Trinajstić information content (AvgIpc) is 3.16. The summed E-state index contributed by atoms with van der Waals surface area (Å²) in [5.41, 5.74) is 2.57. The summed E-state index contributed by atoms with van der Waals surface area (Å²) in [6.45, 7) is 2.19. The molecule has 0 spiro atoms. The quantitative estimate of drug-likeness (QED) is 0.351. The summed E-state index contributed by atoms with van der Waals surface area (Å²) >= 11 is 0. The maximum absolute atomic E-state index is 12.6. The van der Waals surface area contributed by atoms with Crippen molar-refractivity contribution in [3.63, 3.8) is 0 Å². The molecular weight excluding hydrogens is 509 g/mol. The monoisotopic (exact) mass is 539 g/mol. The standard InChI is InChI=1S/C21H29N7O2.HI/c1-22-21(23-9-8-16-6-5-7-17(12-16)20(30)25(2)3)27-10-11-28(19(29)15-27)18-13-24-26(4)14-18;/h5-7,12-14H,8-11,15H2,1-4H3,(H,22,23);1H. The lowest BCUT2D eigenvalue weighted by molar-refractivity contribution is -0.120. The molecule has 9 nitrogen and oxygen atoms in total. The van der Waals surface area contributed by atoms with E-state index < -0.39 is 0 Å². The van der Waals surface area contributed by atoms with Gasteiger partial charge in [-0.2, -0.15) is 5.10 Å². The Morgan fingerprint density at radius 1 is 1.29 bits per heavy atom. The van der Waals surface area contributed by atoms with Gasteiger partial charge in [0.15, 0.2) is 5.96 Å². The second-order valence-electron chi connectivity index (χ2n) is 7.46. The summed E-state index contributed by atoms with van der Waals surface area (Å²) in [4.78, 5) is 34.4. The number of aliphatic imine (C=N–C) groups is 1. The highest BCUT2D eigenvalue weighted by atomic mass is 127. The number of aromatic nitrogens is 2. The fourth-order valence-corrected chi connectivity index (χ4v) is 3.44. The molecule has 1 aromatic carbocycles. The molecule has 1 fully saturated rings. The van der Waals surface area contributed by atoms with E-state index in [1.165, 1.54) is 0 Å². The van der Waals surface area contributed by atoms with Gasteiger partial charge in [0.25, 0.3) is 5.91 Å². The van der Waals surface area contributed by atoms with Crippen molar-refractivity contribution in [3.8, 4) is 0 Å². The normalized spacial score (nSPS) is 14.3. The molecule has 1 aliphatic heterocycles. The number of rotatable bonds is 5. The summed E-state index contributed by atoms with van der Waals surface area (Å²) in [6, 6.07) is 7.65. The second kappa shape index (κ2) is 11.1. The zero-order chi connectivity index (χ0) is 21.7. The molecule has 1 N–H and O–H groups in total. The van der Waals surface area contributed by atoms with Gasteiger partial charge < -0.3 is 20.0 Å². The minimum Gasteiger partial charge on any atom is -0.356 e. The van der Waals surface area contributed by atoms with Gasteiger partial charge in [-0.25, -0.2) is 0 Å². The van der Waals surface area contributed by atoms with Crippen molar-refractivity contribution in [2.75, 3.05) is 52.2 Å². The minimum atomic E-state index is -0.00869. The van der Waals surface area contributed by atoms with Crippen LogP contribution in [0.5, 0.6) is 0 Å². The van der Waals surface area contributed by atoms with Crippen molar-refractivity contribution < 1.29 is 9.59 Å². The van der Waals surface area contributed by atoms with Crippen LogP contribution in [0.3, 0.4) is 0 Å². The molecule has 0 unspecified atom stereocenters. The third-order valence-electron chi connectivity index (χ3n) is 5.01. The molecule has 0 radical (unpaired) electrons. The Kier molecular flexibility index (Phi) is 8.84. The summed E-state index contributed by atoms with van der Waals surface area (Å²) in [5, 5.41) is 7.47. The summed E-state index contributed by atoms with van der Waals surface area (Å²) in [5.74, 6) is 0.715. The summed E-state index contributed by atoms with van der Waals surface area (Å²) in [6.07, 6.45) is 4.29. The van der Waals surface area contributed by atoms with Gasteiger partial charge in [0.1, 0.15) is 6.54 Å². The van der Waals surface area contributed by atoms with Gasteiger partial charge in [-0.05, 0) is 24.1 Å². The van der Waals surface area contributed by atoms with Crippen LogP contribution in [0.1, 0.15) is 15.9 Å². The van der Waals surface area contributed by atoms with E-state index in [0.717, 1.165) is 17.7 Å². The number of hydrogen-bond donors (Lipinski definition) is 1. The third kappa shape index (κ3) is 6.18. The number of guanidine groups is 1. The predicted octanol–water partition coefficient (Wildman–Crippen LogP) is 1.21. The Hall–Kier alpha value is -2.63. The number of anilines is 1. The molecule has 3 rings (SSSR count). The van der Waals surface area contributed by atoms with Crippen LogP contribution in [0.4, 0.5) is 5.69 Å². The van der Waals surface area contributed by atoms with Gasteiger partial charge in [0, 0.05) is 59.6 Å². The molecule has 1 aromatic heterocycles. The largest absolute Gasteiger partial charge is 0.356 e. The number of halogens is 1. The molecule has 0 bridgehead atoms. The van der Waals surface area contributed by atoms with Crippen molar-refractivity contribution in [3.05, 3.63) is 47.8 Å². The lowest BCUT2D eigenvalue weighted by Crippen LogP contribution is -2.55. The van der Waals surface area contributed by atoms with Crippen molar-refractivity contribution in [1.29, 1.82) is 0 Å². The fraction of sp³-hybridized carbons (Fsp3) is 0.429. The van der Waals surface area contributed by atoms with Gasteiger partial charge >= 0.3 is 0 Å². The number of nitrogens with one attached hydrogen (secondary N) is 1. The zero-order valence-corrected chi connectivity index (χ0v) is 20.7. The highest BCUT2D eigenvalue weighted by Gasteiger charge is 2.27. The summed E-state index contributed by atoms with van der Waals surface area (Å²) in [7, 11) is 7.05.